The van der Waals surface area contributed by atoms with Gasteiger partial charge in [0, 0.05) is 5.56 Å². The van der Waals surface area contributed by atoms with Crippen molar-refractivity contribution >= 4 is 15.9 Å². The normalized spacial score (nSPS) is 12.7. The summed E-state index contributed by atoms with van der Waals surface area (Å²) in [6.07, 6.45) is 3.62. The van der Waals surface area contributed by atoms with Gasteiger partial charge in [0.15, 0.2) is 4.67 Å². The molecule has 0 aliphatic carbocycles. The number of furan rings is 1. The number of hydrogen-bond acceptors (Lipinski definition) is 2. The minimum Gasteiger partial charge on any atom is -0.457 e. The number of rotatable bonds is 2. The Balaban J connectivity index is 2.85. The van der Waals surface area contributed by atoms with Crippen LogP contribution in [0.3, 0.4) is 0 Å². The Hall–Kier alpha value is -0.540. The fourth-order valence-electron chi connectivity index (χ4n) is 0.992. The number of nitrogens with two attached hydrogens (primary N) is 1. The van der Waals surface area contributed by atoms with Crippen molar-refractivity contribution in [1.29, 1.82) is 0 Å². The van der Waals surface area contributed by atoms with E-state index in [1.165, 1.54) is 5.57 Å². The highest BCUT2D eigenvalue weighted by Crippen LogP contribution is 2.24. The maximum absolute atomic E-state index is 5.87. The van der Waals surface area contributed by atoms with Gasteiger partial charge < -0.3 is 10.2 Å². The maximum atomic E-state index is 5.87. The predicted octanol–water partition coefficient (Wildman–Crippen LogP) is 3.01. The lowest BCUT2D eigenvalue weighted by atomic mass is 10.1. The molecule has 0 fully saturated rings. The van der Waals surface area contributed by atoms with Crippen LogP contribution in [-0.4, -0.2) is 0 Å². The zero-order valence-electron chi connectivity index (χ0n) is 7.17. The third kappa shape index (κ3) is 2.22. The third-order valence-electron chi connectivity index (χ3n) is 1.52. The van der Waals surface area contributed by atoms with Gasteiger partial charge in [-0.05, 0) is 35.8 Å². The van der Waals surface area contributed by atoms with Gasteiger partial charge in [-0.2, -0.15) is 0 Å². The van der Waals surface area contributed by atoms with Crippen molar-refractivity contribution in [2.45, 2.75) is 19.9 Å². The lowest BCUT2D eigenvalue weighted by molar-refractivity contribution is 0.535. The zero-order chi connectivity index (χ0) is 9.14. The molecule has 0 spiro atoms. The summed E-state index contributed by atoms with van der Waals surface area (Å²) in [6.45, 7) is 4.04. The van der Waals surface area contributed by atoms with E-state index in [4.69, 9.17) is 10.2 Å². The molecule has 66 valence electrons. The minimum atomic E-state index is -0.0804. The summed E-state index contributed by atoms with van der Waals surface area (Å²) in [5, 5.41) is 0. The van der Waals surface area contributed by atoms with E-state index in [1.54, 1.807) is 6.26 Å². The molecule has 2 nitrogen and oxygen atoms in total. The molecule has 0 bridgehead atoms. The first kappa shape index (κ1) is 9.55. The second-order valence-corrected chi connectivity index (χ2v) is 3.64. The molecular formula is C9H12BrNO. The van der Waals surface area contributed by atoms with E-state index in [-0.39, 0.29) is 6.04 Å². The lowest BCUT2D eigenvalue weighted by Gasteiger charge is -2.04. The van der Waals surface area contributed by atoms with E-state index in [1.807, 2.05) is 26.0 Å². The van der Waals surface area contributed by atoms with E-state index in [0.29, 0.717) is 4.67 Å². The second kappa shape index (κ2) is 3.92. The van der Waals surface area contributed by atoms with E-state index in [9.17, 15) is 0 Å². The number of halogens is 1. The van der Waals surface area contributed by atoms with Crippen LogP contribution in [0.5, 0.6) is 0 Å². The van der Waals surface area contributed by atoms with Gasteiger partial charge in [0.25, 0.3) is 0 Å². The van der Waals surface area contributed by atoms with Crippen molar-refractivity contribution < 1.29 is 4.42 Å². The van der Waals surface area contributed by atoms with Crippen LogP contribution in [0.4, 0.5) is 0 Å². The van der Waals surface area contributed by atoms with Crippen LogP contribution in [0.2, 0.25) is 0 Å². The molecule has 1 heterocycles. The van der Waals surface area contributed by atoms with Crippen molar-refractivity contribution in [1.82, 2.24) is 0 Å². The molecular weight excluding hydrogens is 218 g/mol. The average Bonchev–Trinajstić information content (AvgIpc) is 2.33. The summed E-state index contributed by atoms with van der Waals surface area (Å²) in [4.78, 5) is 0. The Morgan fingerprint density at radius 2 is 2.33 bits per heavy atom. The first-order valence-electron chi connectivity index (χ1n) is 3.74. The molecule has 0 aliphatic rings. The van der Waals surface area contributed by atoms with Crippen LogP contribution in [0.15, 0.2) is 33.1 Å². The highest BCUT2D eigenvalue weighted by Gasteiger charge is 2.08. The molecule has 1 rings (SSSR count). The first-order valence-corrected chi connectivity index (χ1v) is 4.54. The van der Waals surface area contributed by atoms with Gasteiger partial charge in [-0.1, -0.05) is 11.6 Å². The fraction of sp³-hybridized carbons (Fsp3) is 0.333. The molecule has 0 amide bonds. The third-order valence-corrected chi connectivity index (χ3v) is 2.16. The first-order chi connectivity index (χ1) is 5.61. The van der Waals surface area contributed by atoms with Crippen molar-refractivity contribution in [2.24, 2.45) is 5.73 Å². The van der Waals surface area contributed by atoms with Gasteiger partial charge >= 0.3 is 0 Å². The summed E-state index contributed by atoms with van der Waals surface area (Å²) in [7, 11) is 0. The van der Waals surface area contributed by atoms with Gasteiger partial charge in [-0.3, -0.25) is 0 Å². The summed E-state index contributed by atoms with van der Waals surface area (Å²) in [5.74, 6) is 0. The van der Waals surface area contributed by atoms with Gasteiger partial charge in [-0.25, -0.2) is 0 Å². The van der Waals surface area contributed by atoms with E-state index in [0.717, 1.165) is 5.56 Å². The molecule has 1 aromatic heterocycles. The molecule has 1 aromatic rings. The smallest absolute Gasteiger partial charge is 0.174 e. The molecule has 3 heteroatoms. The van der Waals surface area contributed by atoms with E-state index >= 15 is 0 Å². The monoisotopic (exact) mass is 229 g/mol. The van der Waals surface area contributed by atoms with Crippen LogP contribution in [0, 0.1) is 0 Å². The highest BCUT2D eigenvalue weighted by atomic mass is 79.9. The number of hydrogen-bond donors (Lipinski definition) is 1. The summed E-state index contributed by atoms with van der Waals surface area (Å²) in [5.41, 5.74) is 8.06. The standard InChI is InChI=1S/C9H12BrNO/c1-6(2)5-8(11)7-3-4-12-9(7)10/h3-5,8H,11H2,1-2H3. The minimum absolute atomic E-state index is 0.0804. The second-order valence-electron chi connectivity index (χ2n) is 2.92. The van der Waals surface area contributed by atoms with Gasteiger partial charge in [0.1, 0.15) is 0 Å². The molecule has 0 radical (unpaired) electrons. The summed E-state index contributed by atoms with van der Waals surface area (Å²) in [6, 6.07) is 1.79. The van der Waals surface area contributed by atoms with Gasteiger partial charge in [0.2, 0.25) is 0 Å². The number of allylic oxidation sites excluding steroid dienone is 1. The molecule has 0 saturated carbocycles. The Kier molecular flexibility index (Phi) is 3.12. The Bertz CT molecular complexity index is 286. The van der Waals surface area contributed by atoms with Gasteiger partial charge in [0.05, 0.1) is 12.3 Å². The largest absolute Gasteiger partial charge is 0.457 e. The maximum Gasteiger partial charge on any atom is 0.174 e. The Labute approximate surface area is 80.6 Å². The van der Waals surface area contributed by atoms with Crippen molar-refractivity contribution in [3.8, 4) is 0 Å². The highest BCUT2D eigenvalue weighted by molar-refractivity contribution is 9.10. The van der Waals surface area contributed by atoms with Crippen LogP contribution >= 0.6 is 15.9 Å². The zero-order valence-corrected chi connectivity index (χ0v) is 8.76. The van der Waals surface area contributed by atoms with E-state index < -0.39 is 0 Å². The average molecular weight is 230 g/mol. The quantitative estimate of drug-likeness (QED) is 0.793. The fourth-order valence-corrected chi connectivity index (χ4v) is 1.50. The molecule has 1 atom stereocenters. The molecule has 2 N–H and O–H groups in total. The molecule has 12 heavy (non-hydrogen) atoms. The van der Waals surface area contributed by atoms with Crippen LogP contribution < -0.4 is 5.73 Å². The van der Waals surface area contributed by atoms with Crippen molar-refractivity contribution in [2.75, 3.05) is 0 Å². The summed E-state index contributed by atoms with van der Waals surface area (Å²) < 4.78 is 5.79. The SMILES string of the molecule is CC(C)=CC(N)c1ccoc1Br. The Morgan fingerprint density at radius 3 is 2.75 bits per heavy atom. The van der Waals surface area contributed by atoms with Crippen LogP contribution in [0.25, 0.3) is 0 Å². The molecule has 0 aromatic carbocycles. The van der Waals surface area contributed by atoms with Crippen LogP contribution in [-0.2, 0) is 0 Å². The predicted molar refractivity (Wildman–Crippen MR) is 52.8 cm³/mol. The van der Waals surface area contributed by atoms with Crippen molar-refractivity contribution in [3.63, 3.8) is 0 Å². The van der Waals surface area contributed by atoms with E-state index in [2.05, 4.69) is 15.9 Å². The van der Waals surface area contributed by atoms with Gasteiger partial charge in [-0.15, -0.1) is 0 Å². The van der Waals surface area contributed by atoms with Crippen LogP contribution in [0.1, 0.15) is 25.5 Å². The summed E-state index contributed by atoms with van der Waals surface area (Å²) >= 11 is 3.28. The Morgan fingerprint density at radius 1 is 1.67 bits per heavy atom. The van der Waals surface area contributed by atoms with Crippen molar-refractivity contribution in [3.05, 3.63) is 34.2 Å². The lowest BCUT2D eigenvalue weighted by Crippen LogP contribution is -2.06. The molecule has 0 saturated heterocycles. The molecule has 0 aliphatic heterocycles. The topological polar surface area (TPSA) is 39.2 Å². The molecule has 1 unspecified atom stereocenters.